The van der Waals surface area contributed by atoms with Crippen molar-refractivity contribution in [2.45, 2.75) is 31.7 Å². The van der Waals surface area contributed by atoms with Crippen molar-refractivity contribution in [1.82, 2.24) is 4.90 Å². The Morgan fingerprint density at radius 2 is 1.62 bits per heavy atom. The summed E-state index contributed by atoms with van der Waals surface area (Å²) in [5.41, 5.74) is 8.77. The number of benzene rings is 2. The Morgan fingerprint density at radius 3 is 2.27 bits per heavy atom. The van der Waals surface area contributed by atoms with E-state index in [4.69, 9.17) is 5.73 Å². The van der Waals surface area contributed by atoms with Crippen molar-refractivity contribution in [3.8, 4) is 11.1 Å². The smallest absolute Gasteiger partial charge is 0.223 e. The van der Waals surface area contributed by atoms with Crippen molar-refractivity contribution in [3.05, 3.63) is 60.2 Å². The zero-order valence-corrected chi connectivity index (χ0v) is 15.6. The van der Waals surface area contributed by atoms with Crippen LogP contribution in [0.4, 0.5) is 0 Å². The van der Waals surface area contributed by atoms with Gasteiger partial charge in [-0.3, -0.25) is 9.59 Å². The number of carbonyl (C=O) groups excluding carboxylic acids is 2. The summed E-state index contributed by atoms with van der Waals surface area (Å²) in [5, 5.41) is 0. The minimum absolute atomic E-state index is 0. The third-order valence-electron chi connectivity index (χ3n) is 4.69. The van der Waals surface area contributed by atoms with Gasteiger partial charge in [-0.25, -0.2) is 0 Å². The van der Waals surface area contributed by atoms with Gasteiger partial charge >= 0.3 is 0 Å². The van der Waals surface area contributed by atoms with Gasteiger partial charge in [0.25, 0.3) is 0 Å². The lowest BCUT2D eigenvalue weighted by Crippen LogP contribution is -2.45. The number of hydrogen-bond donors (Lipinski definition) is 1. The third-order valence-corrected chi connectivity index (χ3v) is 4.69. The summed E-state index contributed by atoms with van der Waals surface area (Å²) in [4.78, 5) is 26.4. The summed E-state index contributed by atoms with van der Waals surface area (Å²) in [6, 6.07) is 17.7. The number of likely N-dealkylation sites (tertiary alicyclic amines) is 1. The van der Waals surface area contributed by atoms with Gasteiger partial charge in [0.15, 0.2) is 5.78 Å². The topological polar surface area (TPSA) is 63.4 Å². The second-order valence-corrected chi connectivity index (χ2v) is 6.61. The molecular weight excluding hydrogens is 348 g/mol. The summed E-state index contributed by atoms with van der Waals surface area (Å²) in [6.45, 7) is 1.37. The molecular formula is C21H25ClN2O2. The first-order valence-electron chi connectivity index (χ1n) is 8.85. The molecule has 1 amide bonds. The minimum Gasteiger partial charge on any atom is -0.341 e. The highest BCUT2D eigenvalue weighted by Gasteiger charge is 2.21. The molecule has 1 unspecified atom stereocenters. The molecule has 0 spiro atoms. The maximum absolute atomic E-state index is 12.3. The van der Waals surface area contributed by atoms with Gasteiger partial charge in [0, 0.05) is 37.5 Å². The van der Waals surface area contributed by atoms with Gasteiger partial charge in [0.05, 0.1) is 0 Å². The molecule has 1 saturated heterocycles. The zero-order chi connectivity index (χ0) is 17.6. The fraction of sp³-hybridized carbons (Fsp3) is 0.333. The Bertz CT molecular complexity index is 731. The van der Waals surface area contributed by atoms with Gasteiger partial charge in [-0.1, -0.05) is 54.6 Å². The first-order chi connectivity index (χ1) is 12.1. The van der Waals surface area contributed by atoms with E-state index in [1.165, 1.54) is 0 Å². The number of nitrogens with zero attached hydrogens (tertiary/aromatic N) is 1. The van der Waals surface area contributed by atoms with E-state index in [2.05, 4.69) is 0 Å². The van der Waals surface area contributed by atoms with E-state index in [0.717, 1.165) is 30.5 Å². The fourth-order valence-electron chi connectivity index (χ4n) is 3.24. The minimum atomic E-state index is 0. The number of amides is 1. The highest BCUT2D eigenvalue weighted by molar-refractivity contribution is 5.98. The Labute approximate surface area is 160 Å². The molecule has 0 aromatic heterocycles. The lowest BCUT2D eigenvalue weighted by atomic mass is 10.0. The highest BCUT2D eigenvalue weighted by Crippen LogP contribution is 2.20. The summed E-state index contributed by atoms with van der Waals surface area (Å²) in [5.74, 6) is 0.0404. The zero-order valence-electron chi connectivity index (χ0n) is 14.8. The molecule has 2 aromatic rings. The highest BCUT2D eigenvalue weighted by atomic mass is 35.5. The van der Waals surface area contributed by atoms with E-state index >= 15 is 0 Å². The predicted octanol–water partition coefficient (Wildman–Crippen LogP) is 3.69. The second-order valence-electron chi connectivity index (χ2n) is 6.61. The Balaban J connectivity index is 0.00000243. The van der Waals surface area contributed by atoms with E-state index in [1.54, 1.807) is 4.90 Å². The van der Waals surface area contributed by atoms with Crippen LogP contribution in [-0.2, 0) is 4.79 Å². The molecule has 1 aliphatic heterocycles. The maximum atomic E-state index is 12.3. The van der Waals surface area contributed by atoms with Gasteiger partial charge in [-0.15, -0.1) is 12.4 Å². The lowest BCUT2D eigenvalue weighted by molar-refractivity contribution is -0.132. The van der Waals surface area contributed by atoms with Crippen LogP contribution < -0.4 is 5.73 Å². The molecule has 1 fully saturated rings. The first-order valence-corrected chi connectivity index (χ1v) is 8.85. The SMILES string of the molecule is Cl.NC1CCCN(C(=O)CCC(=O)c2ccc(-c3ccccc3)cc2)C1. The van der Waals surface area contributed by atoms with Crippen LogP contribution in [0.1, 0.15) is 36.0 Å². The monoisotopic (exact) mass is 372 g/mol. The lowest BCUT2D eigenvalue weighted by Gasteiger charge is -2.30. The quantitative estimate of drug-likeness (QED) is 0.814. The van der Waals surface area contributed by atoms with Crippen LogP contribution in [0.25, 0.3) is 11.1 Å². The molecule has 0 radical (unpaired) electrons. The molecule has 1 atom stereocenters. The molecule has 138 valence electrons. The van der Waals surface area contributed by atoms with E-state index in [9.17, 15) is 9.59 Å². The molecule has 4 nitrogen and oxygen atoms in total. The normalized spacial score (nSPS) is 16.7. The van der Waals surface area contributed by atoms with Gasteiger partial charge in [-0.2, -0.15) is 0 Å². The van der Waals surface area contributed by atoms with Crippen LogP contribution in [0.5, 0.6) is 0 Å². The Hall–Kier alpha value is -2.17. The largest absolute Gasteiger partial charge is 0.341 e. The van der Waals surface area contributed by atoms with Crippen LogP contribution in [0.15, 0.2) is 54.6 Å². The molecule has 2 N–H and O–H groups in total. The number of carbonyl (C=O) groups is 2. The van der Waals surface area contributed by atoms with Crippen molar-refractivity contribution < 1.29 is 9.59 Å². The molecule has 2 aromatic carbocycles. The van der Waals surface area contributed by atoms with Crippen molar-refractivity contribution >= 4 is 24.1 Å². The van der Waals surface area contributed by atoms with Crippen LogP contribution in [0.2, 0.25) is 0 Å². The van der Waals surface area contributed by atoms with Crippen molar-refractivity contribution in [1.29, 1.82) is 0 Å². The van der Waals surface area contributed by atoms with Crippen LogP contribution >= 0.6 is 12.4 Å². The predicted molar refractivity (Wildman–Crippen MR) is 106 cm³/mol. The average molecular weight is 373 g/mol. The molecule has 0 aliphatic carbocycles. The molecule has 1 aliphatic rings. The van der Waals surface area contributed by atoms with Crippen LogP contribution in [-0.4, -0.2) is 35.7 Å². The molecule has 5 heteroatoms. The van der Waals surface area contributed by atoms with Crippen LogP contribution in [0, 0.1) is 0 Å². The number of Topliss-reactive ketones (excluding diaryl/α,β-unsaturated/α-hetero) is 1. The number of piperidine rings is 1. The maximum Gasteiger partial charge on any atom is 0.223 e. The molecule has 3 rings (SSSR count). The molecule has 26 heavy (non-hydrogen) atoms. The van der Waals surface area contributed by atoms with Gasteiger partial charge in [0.1, 0.15) is 0 Å². The summed E-state index contributed by atoms with van der Waals surface area (Å²) < 4.78 is 0. The van der Waals surface area contributed by atoms with Gasteiger partial charge in [-0.05, 0) is 24.0 Å². The second kappa shape index (κ2) is 9.51. The number of rotatable bonds is 5. The van der Waals surface area contributed by atoms with Crippen molar-refractivity contribution in [3.63, 3.8) is 0 Å². The fourth-order valence-corrected chi connectivity index (χ4v) is 3.24. The standard InChI is InChI=1S/C21H24N2O2.ClH/c22-19-7-4-14-23(15-19)21(25)13-12-20(24)18-10-8-17(9-11-18)16-5-2-1-3-6-16;/h1-3,5-6,8-11,19H,4,7,12-15,22H2;1H. The van der Waals surface area contributed by atoms with Gasteiger partial charge in [0.2, 0.25) is 5.91 Å². The Kier molecular flexibility index (Phi) is 7.37. The van der Waals surface area contributed by atoms with Crippen molar-refractivity contribution in [2.75, 3.05) is 13.1 Å². The number of halogens is 1. The summed E-state index contributed by atoms with van der Waals surface area (Å²) in [7, 11) is 0. The van der Waals surface area contributed by atoms with E-state index < -0.39 is 0 Å². The van der Waals surface area contributed by atoms with Crippen molar-refractivity contribution in [2.24, 2.45) is 5.73 Å². The third kappa shape index (κ3) is 5.16. The number of ketones is 1. The Morgan fingerprint density at radius 1 is 0.962 bits per heavy atom. The molecule has 1 heterocycles. The summed E-state index contributed by atoms with van der Waals surface area (Å²) in [6.07, 6.45) is 2.42. The van der Waals surface area contributed by atoms with Gasteiger partial charge < -0.3 is 10.6 Å². The molecule has 0 bridgehead atoms. The number of hydrogen-bond acceptors (Lipinski definition) is 3. The molecule has 0 saturated carbocycles. The summed E-state index contributed by atoms with van der Waals surface area (Å²) >= 11 is 0. The average Bonchev–Trinajstić information content (AvgIpc) is 2.66. The van der Waals surface area contributed by atoms with E-state index in [1.807, 2.05) is 54.6 Å². The van der Waals surface area contributed by atoms with E-state index in [0.29, 0.717) is 12.1 Å². The van der Waals surface area contributed by atoms with E-state index in [-0.39, 0.29) is 43.0 Å². The van der Waals surface area contributed by atoms with Crippen LogP contribution in [0.3, 0.4) is 0 Å². The first kappa shape index (κ1) is 20.1. The number of nitrogens with two attached hydrogens (primary N) is 1.